The maximum atomic E-state index is 13.2. The number of carbonyl (C=O) groups is 2. The molecule has 0 bridgehead atoms. The van der Waals surface area contributed by atoms with Crippen LogP contribution in [0.5, 0.6) is 0 Å². The zero-order valence-corrected chi connectivity index (χ0v) is 22.7. The minimum Gasteiger partial charge on any atom is -0.481 e. The molecule has 2 rings (SSSR count). The normalized spacial score (nSPS) is 14.5. The Balaban J connectivity index is 1.82. The molecule has 3 N–H and O–H groups in total. The van der Waals surface area contributed by atoms with Crippen LogP contribution in [0.1, 0.15) is 89.9 Å². The summed E-state index contributed by atoms with van der Waals surface area (Å²) in [4.78, 5) is 24.4. The monoisotopic (exact) mass is 512 g/mol. The maximum absolute atomic E-state index is 13.2. The predicted molar refractivity (Wildman–Crippen MR) is 145 cm³/mol. The maximum Gasteiger partial charge on any atom is 0.312 e. The summed E-state index contributed by atoms with van der Waals surface area (Å²) in [6.07, 6.45) is 2.44. The first-order valence-electron chi connectivity index (χ1n) is 13.3. The Morgan fingerprint density at radius 3 is 1.76 bits per heavy atom. The van der Waals surface area contributed by atoms with Crippen LogP contribution in [0, 0.1) is 10.8 Å². The molecule has 0 spiro atoms. The molecule has 0 aliphatic heterocycles. The number of rotatable bonds is 16. The van der Waals surface area contributed by atoms with Crippen LogP contribution in [0.15, 0.2) is 60.7 Å². The Bertz CT molecular complexity index is 954. The van der Waals surface area contributed by atoms with Gasteiger partial charge in [-0.1, -0.05) is 60.7 Å². The van der Waals surface area contributed by atoms with E-state index in [1.54, 1.807) is 13.8 Å². The van der Waals surface area contributed by atoms with E-state index in [0.717, 1.165) is 11.1 Å². The molecule has 3 atom stereocenters. The molecule has 0 saturated heterocycles. The lowest BCUT2D eigenvalue weighted by Gasteiger charge is -2.27. The third-order valence-electron chi connectivity index (χ3n) is 7.10. The number of hydrogen-bond donors (Lipinski definition) is 3. The molecule has 0 aromatic heterocycles. The van der Waals surface area contributed by atoms with Crippen molar-refractivity contribution in [1.29, 1.82) is 0 Å². The third kappa shape index (κ3) is 10.7. The SMILES string of the molecule is CC(C)(CCC(O)CCCC(O)CCC(C)(C)C(=O)OC(Cc1ccccc1)c1ccccc1)C(=O)O. The molecule has 2 aromatic carbocycles. The van der Waals surface area contributed by atoms with Gasteiger partial charge in [-0.3, -0.25) is 9.59 Å². The standard InChI is InChI=1S/C31H44O6/c1-30(2,28(34)35)20-18-25(32)16-11-17-26(33)19-21-31(3,4)29(36)37-27(24-14-9-6-10-15-24)22-23-12-7-5-8-13-23/h5-10,12-15,25-27,32-33H,11,16-22H2,1-4H3,(H,34,35). The molecular formula is C31H44O6. The number of benzene rings is 2. The van der Waals surface area contributed by atoms with Gasteiger partial charge >= 0.3 is 11.9 Å². The third-order valence-corrected chi connectivity index (χ3v) is 7.10. The Morgan fingerprint density at radius 1 is 0.757 bits per heavy atom. The molecule has 0 amide bonds. The first kappa shape index (κ1) is 30.5. The fourth-order valence-corrected chi connectivity index (χ4v) is 4.15. The number of aliphatic carboxylic acids is 1. The molecule has 6 nitrogen and oxygen atoms in total. The summed E-state index contributed by atoms with van der Waals surface area (Å²) in [7, 11) is 0. The predicted octanol–water partition coefficient (Wildman–Crippen LogP) is 6.10. The van der Waals surface area contributed by atoms with E-state index in [1.165, 1.54) is 0 Å². The van der Waals surface area contributed by atoms with Crippen LogP contribution >= 0.6 is 0 Å². The molecule has 6 heteroatoms. The lowest BCUT2D eigenvalue weighted by Crippen LogP contribution is -2.30. The van der Waals surface area contributed by atoms with Gasteiger partial charge in [-0.15, -0.1) is 0 Å². The number of aliphatic hydroxyl groups excluding tert-OH is 2. The van der Waals surface area contributed by atoms with Crippen molar-refractivity contribution in [3.8, 4) is 0 Å². The molecule has 0 aliphatic rings. The number of esters is 1. The van der Waals surface area contributed by atoms with E-state index in [0.29, 0.717) is 51.4 Å². The molecule has 0 heterocycles. The quantitative estimate of drug-likeness (QED) is 0.235. The average molecular weight is 513 g/mol. The van der Waals surface area contributed by atoms with Crippen LogP contribution in [0.2, 0.25) is 0 Å². The summed E-state index contributed by atoms with van der Waals surface area (Å²) >= 11 is 0. The second kappa shape index (κ2) is 14.3. The Kier molecular flexibility index (Phi) is 11.8. The van der Waals surface area contributed by atoms with Crippen molar-refractivity contribution in [2.75, 3.05) is 0 Å². The number of carbonyl (C=O) groups excluding carboxylic acids is 1. The Hall–Kier alpha value is -2.70. The van der Waals surface area contributed by atoms with Gasteiger partial charge in [0.15, 0.2) is 0 Å². The average Bonchev–Trinajstić information content (AvgIpc) is 2.87. The summed E-state index contributed by atoms with van der Waals surface area (Å²) < 4.78 is 6.03. The van der Waals surface area contributed by atoms with Gasteiger partial charge in [-0.25, -0.2) is 0 Å². The number of ether oxygens (including phenoxy) is 1. The lowest BCUT2D eigenvalue weighted by molar-refractivity contribution is -0.160. The van der Waals surface area contributed by atoms with Gasteiger partial charge < -0.3 is 20.1 Å². The van der Waals surface area contributed by atoms with Gasteiger partial charge in [0.05, 0.1) is 23.0 Å². The van der Waals surface area contributed by atoms with E-state index in [-0.39, 0.29) is 5.97 Å². The highest BCUT2D eigenvalue weighted by Crippen LogP contribution is 2.31. The van der Waals surface area contributed by atoms with E-state index in [2.05, 4.69) is 0 Å². The van der Waals surface area contributed by atoms with Crippen molar-refractivity contribution in [2.45, 2.75) is 97.4 Å². The highest BCUT2D eigenvalue weighted by molar-refractivity contribution is 5.76. The summed E-state index contributed by atoms with van der Waals surface area (Å²) in [5.41, 5.74) is 0.417. The smallest absolute Gasteiger partial charge is 0.312 e. The summed E-state index contributed by atoms with van der Waals surface area (Å²) in [5, 5.41) is 29.9. The number of carboxylic acid groups (broad SMARTS) is 1. The Labute approximate surface area is 221 Å². The molecule has 0 aliphatic carbocycles. The van der Waals surface area contributed by atoms with Crippen molar-refractivity contribution in [3.63, 3.8) is 0 Å². The van der Waals surface area contributed by atoms with E-state index >= 15 is 0 Å². The second-order valence-corrected chi connectivity index (χ2v) is 11.4. The van der Waals surface area contributed by atoms with Gasteiger partial charge in [0.25, 0.3) is 0 Å². The topological polar surface area (TPSA) is 104 Å². The molecule has 204 valence electrons. The number of hydrogen-bond acceptors (Lipinski definition) is 5. The van der Waals surface area contributed by atoms with E-state index in [4.69, 9.17) is 4.74 Å². The number of aliphatic hydroxyl groups is 2. The Morgan fingerprint density at radius 2 is 1.24 bits per heavy atom. The fourth-order valence-electron chi connectivity index (χ4n) is 4.15. The molecule has 0 saturated carbocycles. The molecule has 37 heavy (non-hydrogen) atoms. The summed E-state index contributed by atoms with van der Waals surface area (Å²) in [6.45, 7) is 7.01. The van der Waals surface area contributed by atoms with Crippen molar-refractivity contribution >= 4 is 11.9 Å². The van der Waals surface area contributed by atoms with Crippen LogP contribution in [-0.4, -0.2) is 39.5 Å². The fraction of sp³-hybridized carbons (Fsp3) is 0.548. The first-order valence-corrected chi connectivity index (χ1v) is 13.3. The molecule has 2 aromatic rings. The van der Waals surface area contributed by atoms with Gasteiger partial charge in [0.1, 0.15) is 6.10 Å². The lowest BCUT2D eigenvalue weighted by atomic mass is 9.85. The highest BCUT2D eigenvalue weighted by atomic mass is 16.5. The van der Waals surface area contributed by atoms with Crippen LogP contribution in [0.4, 0.5) is 0 Å². The van der Waals surface area contributed by atoms with Crippen LogP contribution in [0.3, 0.4) is 0 Å². The minimum atomic E-state index is -0.869. The van der Waals surface area contributed by atoms with Crippen molar-refractivity contribution in [1.82, 2.24) is 0 Å². The largest absolute Gasteiger partial charge is 0.481 e. The van der Waals surface area contributed by atoms with Crippen molar-refractivity contribution < 1.29 is 29.6 Å². The number of carboxylic acids is 1. The van der Waals surface area contributed by atoms with Crippen LogP contribution in [-0.2, 0) is 20.7 Å². The zero-order chi connectivity index (χ0) is 27.5. The van der Waals surface area contributed by atoms with Gasteiger partial charge in [0, 0.05) is 6.42 Å². The first-order chi connectivity index (χ1) is 17.4. The van der Waals surface area contributed by atoms with Crippen molar-refractivity contribution in [2.24, 2.45) is 10.8 Å². The minimum absolute atomic E-state index is 0.291. The van der Waals surface area contributed by atoms with Gasteiger partial charge in [-0.2, -0.15) is 0 Å². The van der Waals surface area contributed by atoms with Gasteiger partial charge in [-0.05, 0) is 83.8 Å². The summed E-state index contributed by atoms with van der Waals surface area (Å²) in [6, 6.07) is 19.7. The van der Waals surface area contributed by atoms with Crippen LogP contribution < -0.4 is 0 Å². The van der Waals surface area contributed by atoms with E-state index in [1.807, 2.05) is 74.5 Å². The molecule has 3 unspecified atom stereocenters. The molecule has 0 fully saturated rings. The van der Waals surface area contributed by atoms with Crippen LogP contribution in [0.25, 0.3) is 0 Å². The second-order valence-electron chi connectivity index (χ2n) is 11.4. The van der Waals surface area contributed by atoms with Crippen molar-refractivity contribution in [3.05, 3.63) is 71.8 Å². The highest BCUT2D eigenvalue weighted by Gasteiger charge is 2.32. The molecule has 0 radical (unpaired) electrons. The molecular weight excluding hydrogens is 468 g/mol. The van der Waals surface area contributed by atoms with Gasteiger partial charge in [0.2, 0.25) is 0 Å². The van der Waals surface area contributed by atoms with E-state index in [9.17, 15) is 24.9 Å². The zero-order valence-electron chi connectivity index (χ0n) is 22.7. The van der Waals surface area contributed by atoms with E-state index < -0.39 is 35.1 Å². The summed E-state index contributed by atoms with van der Waals surface area (Å²) in [5.74, 6) is -1.16.